The molecular formula is C15H24N2S. The molecular weight excluding hydrogens is 240 g/mol. The van der Waals surface area contributed by atoms with Crippen LogP contribution in [0.25, 0.3) is 0 Å². The van der Waals surface area contributed by atoms with Crippen LogP contribution in [0.5, 0.6) is 0 Å². The van der Waals surface area contributed by atoms with Crippen LogP contribution in [0.1, 0.15) is 67.4 Å². The Labute approximate surface area is 114 Å². The summed E-state index contributed by atoms with van der Waals surface area (Å²) in [6, 6.07) is 0. The molecule has 0 atom stereocenters. The molecule has 1 heterocycles. The molecule has 0 radical (unpaired) electrons. The van der Waals surface area contributed by atoms with Crippen LogP contribution < -0.4 is 5.32 Å². The van der Waals surface area contributed by atoms with Crippen LogP contribution in [0.15, 0.2) is 0 Å². The maximum Gasteiger partial charge on any atom is 0.113 e. The Morgan fingerprint density at radius 3 is 2.67 bits per heavy atom. The average Bonchev–Trinajstić information content (AvgIpc) is 3.03. The highest BCUT2D eigenvalue weighted by Gasteiger charge is 2.38. The summed E-state index contributed by atoms with van der Waals surface area (Å²) in [6.07, 6.45) is 11.7. The molecule has 2 aliphatic rings. The molecule has 0 saturated heterocycles. The lowest BCUT2D eigenvalue weighted by atomic mass is 9.98. The molecule has 100 valence electrons. The van der Waals surface area contributed by atoms with Gasteiger partial charge in [0.1, 0.15) is 5.01 Å². The van der Waals surface area contributed by atoms with E-state index in [1.165, 1.54) is 68.5 Å². The molecule has 1 aromatic rings. The number of aromatic nitrogens is 1. The van der Waals surface area contributed by atoms with Gasteiger partial charge in [0.15, 0.2) is 0 Å². The van der Waals surface area contributed by atoms with Gasteiger partial charge in [-0.05, 0) is 51.5 Å². The van der Waals surface area contributed by atoms with Crippen LogP contribution in [-0.2, 0) is 18.4 Å². The highest BCUT2D eigenvalue weighted by Crippen LogP contribution is 2.42. The Kier molecular flexibility index (Phi) is 3.71. The Morgan fingerprint density at radius 2 is 1.94 bits per heavy atom. The maximum atomic E-state index is 5.01. The summed E-state index contributed by atoms with van der Waals surface area (Å²) in [4.78, 5) is 6.60. The first kappa shape index (κ1) is 12.6. The summed E-state index contributed by atoms with van der Waals surface area (Å²) in [5, 5.41) is 5.22. The van der Waals surface area contributed by atoms with Gasteiger partial charge >= 0.3 is 0 Å². The summed E-state index contributed by atoms with van der Waals surface area (Å²) < 4.78 is 0. The fraction of sp³-hybridized carbons (Fsp3) is 0.800. The Bertz CT molecular complexity index is 381. The summed E-state index contributed by atoms with van der Waals surface area (Å²) in [5.74, 6) is 0. The molecule has 0 aliphatic heterocycles. The molecule has 3 rings (SSSR count). The van der Waals surface area contributed by atoms with Crippen molar-refractivity contribution in [2.75, 3.05) is 6.54 Å². The summed E-state index contributed by atoms with van der Waals surface area (Å²) in [7, 11) is 0. The number of thiazole rings is 1. The summed E-state index contributed by atoms with van der Waals surface area (Å²) >= 11 is 2.01. The first-order chi connectivity index (χ1) is 8.84. The summed E-state index contributed by atoms with van der Waals surface area (Å²) in [5.41, 5.74) is 1.66. The van der Waals surface area contributed by atoms with Crippen molar-refractivity contribution in [1.82, 2.24) is 10.3 Å². The molecule has 2 aliphatic carbocycles. The third-order valence-electron chi connectivity index (χ3n) is 4.43. The minimum atomic E-state index is 0.234. The molecule has 1 saturated carbocycles. The van der Waals surface area contributed by atoms with Gasteiger partial charge in [0.25, 0.3) is 0 Å². The molecule has 1 N–H and O–H groups in total. The number of aryl methyl sites for hydroxylation is 2. The first-order valence-electron chi connectivity index (χ1n) is 7.58. The topological polar surface area (TPSA) is 24.9 Å². The number of rotatable bonds is 4. The highest BCUT2D eigenvalue weighted by atomic mass is 32.1. The van der Waals surface area contributed by atoms with Crippen molar-refractivity contribution in [2.45, 2.75) is 70.3 Å². The lowest BCUT2D eigenvalue weighted by molar-refractivity contribution is 0.340. The van der Waals surface area contributed by atoms with Gasteiger partial charge in [0.05, 0.1) is 11.2 Å². The zero-order valence-electron chi connectivity index (χ0n) is 11.4. The van der Waals surface area contributed by atoms with E-state index in [-0.39, 0.29) is 5.54 Å². The van der Waals surface area contributed by atoms with E-state index in [1.54, 1.807) is 4.88 Å². The van der Waals surface area contributed by atoms with E-state index in [2.05, 4.69) is 12.2 Å². The highest BCUT2D eigenvalue weighted by molar-refractivity contribution is 7.11. The van der Waals surface area contributed by atoms with Gasteiger partial charge in [-0.25, -0.2) is 4.98 Å². The lowest BCUT2D eigenvalue weighted by Gasteiger charge is -2.28. The predicted molar refractivity (Wildman–Crippen MR) is 77.2 cm³/mol. The second-order valence-corrected chi connectivity index (χ2v) is 6.90. The molecule has 18 heavy (non-hydrogen) atoms. The van der Waals surface area contributed by atoms with Crippen LogP contribution in [0, 0.1) is 0 Å². The van der Waals surface area contributed by atoms with E-state index in [0.717, 1.165) is 6.54 Å². The fourth-order valence-electron chi connectivity index (χ4n) is 3.37. The first-order valence-corrected chi connectivity index (χ1v) is 8.40. The van der Waals surface area contributed by atoms with Gasteiger partial charge < -0.3 is 5.32 Å². The van der Waals surface area contributed by atoms with Crippen molar-refractivity contribution in [1.29, 1.82) is 0 Å². The number of nitrogens with one attached hydrogen (secondary N) is 1. The van der Waals surface area contributed by atoms with Gasteiger partial charge in [0, 0.05) is 4.88 Å². The Hall–Kier alpha value is -0.410. The van der Waals surface area contributed by atoms with Crippen LogP contribution in [0.4, 0.5) is 0 Å². The molecule has 0 bridgehead atoms. The third kappa shape index (κ3) is 2.23. The summed E-state index contributed by atoms with van der Waals surface area (Å²) in [6.45, 7) is 3.38. The molecule has 0 unspecified atom stereocenters. The van der Waals surface area contributed by atoms with Gasteiger partial charge in [-0.1, -0.05) is 19.8 Å². The zero-order valence-corrected chi connectivity index (χ0v) is 12.2. The second kappa shape index (κ2) is 5.30. The standard InChI is InChI=1S/C15H24N2S/c1-2-11-16-15(9-5-6-10-15)14-17-12-7-3-4-8-13(12)18-14/h16H,2-11H2,1H3. The monoisotopic (exact) mass is 264 g/mol. The molecule has 0 spiro atoms. The van der Waals surface area contributed by atoms with Gasteiger partial charge in [-0.15, -0.1) is 11.3 Å². The zero-order chi connectivity index (χ0) is 12.4. The smallest absolute Gasteiger partial charge is 0.113 e. The Balaban J connectivity index is 1.87. The van der Waals surface area contributed by atoms with Crippen LogP contribution >= 0.6 is 11.3 Å². The Morgan fingerprint density at radius 1 is 1.17 bits per heavy atom. The average molecular weight is 264 g/mol. The van der Waals surface area contributed by atoms with Gasteiger partial charge in [0.2, 0.25) is 0 Å². The van der Waals surface area contributed by atoms with Gasteiger partial charge in [-0.2, -0.15) is 0 Å². The van der Waals surface area contributed by atoms with Crippen molar-refractivity contribution in [3.63, 3.8) is 0 Å². The number of hydrogen-bond donors (Lipinski definition) is 1. The second-order valence-electron chi connectivity index (χ2n) is 5.81. The van der Waals surface area contributed by atoms with Crippen molar-refractivity contribution < 1.29 is 0 Å². The quantitative estimate of drug-likeness (QED) is 0.895. The lowest BCUT2D eigenvalue weighted by Crippen LogP contribution is -2.40. The normalized spacial score (nSPS) is 22.1. The van der Waals surface area contributed by atoms with E-state index >= 15 is 0 Å². The van der Waals surface area contributed by atoms with Crippen LogP contribution in [-0.4, -0.2) is 11.5 Å². The number of nitrogens with zero attached hydrogens (tertiary/aromatic N) is 1. The molecule has 1 aromatic heterocycles. The molecule has 0 amide bonds. The van der Waals surface area contributed by atoms with Crippen molar-refractivity contribution in [2.24, 2.45) is 0 Å². The largest absolute Gasteiger partial charge is 0.305 e. The van der Waals surface area contributed by atoms with E-state index in [4.69, 9.17) is 4.98 Å². The van der Waals surface area contributed by atoms with E-state index in [9.17, 15) is 0 Å². The molecule has 2 nitrogen and oxygen atoms in total. The van der Waals surface area contributed by atoms with Crippen molar-refractivity contribution in [3.8, 4) is 0 Å². The van der Waals surface area contributed by atoms with Crippen LogP contribution in [0.2, 0.25) is 0 Å². The molecule has 1 fully saturated rings. The van der Waals surface area contributed by atoms with E-state index < -0.39 is 0 Å². The third-order valence-corrected chi connectivity index (χ3v) is 5.79. The predicted octanol–water partition coefficient (Wildman–Crippen LogP) is 3.79. The number of fused-ring (bicyclic) bond motifs is 1. The minimum absolute atomic E-state index is 0.234. The molecule has 0 aromatic carbocycles. The van der Waals surface area contributed by atoms with E-state index in [1.807, 2.05) is 11.3 Å². The van der Waals surface area contributed by atoms with E-state index in [0.29, 0.717) is 0 Å². The minimum Gasteiger partial charge on any atom is -0.305 e. The fourth-order valence-corrected chi connectivity index (χ4v) is 4.74. The SMILES string of the molecule is CCCNC1(c2nc3c(s2)CCCC3)CCCC1. The van der Waals surface area contributed by atoms with Crippen molar-refractivity contribution in [3.05, 3.63) is 15.6 Å². The number of hydrogen-bond acceptors (Lipinski definition) is 3. The maximum absolute atomic E-state index is 5.01. The van der Waals surface area contributed by atoms with Crippen molar-refractivity contribution >= 4 is 11.3 Å². The van der Waals surface area contributed by atoms with Gasteiger partial charge in [-0.3, -0.25) is 0 Å². The molecule has 3 heteroatoms. The van der Waals surface area contributed by atoms with Crippen LogP contribution in [0.3, 0.4) is 0 Å².